The van der Waals surface area contributed by atoms with Crippen LogP contribution < -0.4 is 4.74 Å². The highest BCUT2D eigenvalue weighted by atomic mass is 19.4. The molecule has 0 atom stereocenters. The van der Waals surface area contributed by atoms with Gasteiger partial charge in [0.1, 0.15) is 17.3 Å². The maximum Gasteiger partial charge on any atom is 0.419 e. The molecule has 2 rings (SSSR count). The van der Waals surface area contributed by atoms with Crippen molar-refractivity contribution in [2.45, 2.75) is 6.18 Å². The van der Waals surface area contributed by atoms with E-state index in [9.17, 15) is 17.6 Å². The number of nitriles is 1. The van der Waals surface area contributed by atoms with Gasteiger partial charge >= 0.3 is 6.18 Å². The van der Waals surface area contributed by atoms with Crippen LogP contribution in [0.4, 0.5) is 17.6 Å². The first-order chi connectivity index (χ1) is 9.40. The number of nitrogens with zero attached hydrogens (tertiary/aromatic N) is 1. The van der Waals surface area contributed by atoms with Gasteiger partial charge in [-0.2, -0.15) is 18.4 Å². The van der Waals surface area contributed by atoms with Crippen molar-refractivity contribution < 1.29 is 22.3 Å². The molecule has 0 N–H and O–H groups in total. The van der Waals surface area contributed by atoms with E-state index in [0.717, 1.165) is 6.07 Å². The van der Waals surface area contributed by atoms with E-state index >= 15 is 0 Å². The van der Waals surface area contributed by atoms with Gasteiger partial charge in [-0.3, -0.25) is 0 Å². The highest BCUT2D eigenvalue weighted by Gasteiger charge is 2.34. The molecule has 0 aliphatic rings. The number of halogens is 4. The molecule has 0 amide bonds. The average molecular weight is 281 g/mol. The molecule has 0 radical (unpaired) electrons. The summed E-state index contributed by atoms with van der Waals surface area (Å²) in [5.74, 6) is -1.33. The third-order valence-electron chi connectivity index (χ3n) is 2.44. The van der Waals surface area contributed by atoms with Gasteiger partial charge in [-0.1, -0.05) is 6.07 Å². The molecule has 0 saturated carbocycles. The Labute approximate surface area is 111 Å². The van der Waals surface area contributed by atoms with Gasteiger partial charge in [-0.25, -0.2) is 4.39 Å². The Morgan fingerprint density at radius 3 is 2.35 bits per heavy atom. The molecule has 0 spiro atoms. The minimum Gasteiger partial charge on any atom is -0.457 e. The number of rotatable bonds is 2. The van der Waals surface area contributed by atoms with Gasteiger partial charge < -0.3 is 4.74 Å². The van der Waals surface area contributed by atoms with Crippen LogP contribution in [-0.4, -0.2) is 0 Å². The number of benzene rings is 2. The summed E-state index contributed by atoms with van der Waals surface area (Å²) in [7, 11) is 0. The summed E-state index contributed by atoms with van der Waals surface area (Å²) in [5, 5.41) is 8.71. The Kier molecular flexibility index (Phi) is 3.61. The maximum absolute atomic E-state index is 13.1. The summed E-state index contributed by atoms with van der Waals surface area (Å²) in [5.41, 5.74) is -1.09. The summed E-state index contributed by atoms with van der Waals surface area (Å²) in [6, 6.07) is 10.1. The average Bonchev–Trinajstić information content (AvgIpc) is 2.40. The fourth-order valence-corrected chi connectivity index (χ4v) is 1.55. The van der Waals surface area contributed by atoms with Crippen molar-refractivity contribution in [1.82, 2.24) is 0 Å². The van der Waals surface area contributed by atoms with Gasteiger partial charge in [0.25, 0.3) is 0 Å². The Bertz CT molecular complexity index is 674. The highest BCUT2D eigenvalue weighted by Crippen LogP contribution is 2.34. The molecule has 6 heteroatoms. The van der Waals surface area contributed by atoms with Crippen LogP contribution >= 0.6 is 0 Å². The van der Waals surface area contributed by atoms with Gasteiger partial charge in [-0.05, 0) is 36.4 Å². The van der Waals surface area contributed by atoms with Crippen LogP contribution in [0.5, 0.6) is 11.5 Å². The zero-order chi connectivity index (χ0) is 14.8. The molecule has 0 unspecified atom stereocenters. The van der Waals surface area contributed by atoms with E-state index < -0.39 is 17.6 Å². The lowest BCUT2D eigenvalue weighted by molar-refractivity contribution is -0.140. The molecule has 0 aliphatic heterocycles. The molecule has 20 heavy (non-hydrogen) atoms. The monoisotopic (exact) mass is 281 g/mol. The predicted molar refractivity (Wildman–Crippen MR) is 62.6 cm³/mol. The second kappa shape index (κ2) is 5.21. The van der Waals surface area contributed by atoms with Crippen LogP contribution in [0.2, 0.25) is 0 Å². The predicted octanol–water partition coefficient (Wildman–Crippen LogP) is 4.51. The van der Waals surface area contributed by atoms with Crippen molar-refractivity contribution >= 4 is 0 Å². The third-order valence-corrected chi connectivity index (χ3v) is 2.44. The van der Waals surface area contributed by atoms with Gasteiger partial charge in [0.05, 0.1) is 17.2 Å². The van der Waals surface area contributed by atoms with Gasteiger partial charge in [0, 0.05) is 0 Å². The Morgan fingerprint density at radius 2 is 1.70 bits per heavy atom. The molecule has 0 fully saturated rings. The molecule has 2 aromatic carbocycles. The standard InChI is InChI=1S/C14H7F4NO/c15-13-5-4-11(7-12(13)14(16,17)18)20-10-3-1-2-9(6-10)8-19/h1-7H. The number of hydrogen-bond acceptors (Lipinski definition) is 2. The lowest BCUT2D eigenvalue weighted by Crippen LogP contribution is -2.08. The summed E-state index contributed by atoms with van der Waals surface area (Å²) in [4.78, 5) is 0. The van der Waals surface area contributed by atoms with Crippen LogP contribution in [0, 0.1) is 17.1 Å². The fraction of sp³-hybridized carbons (Fsp3) is 0.0714. The van der Waals surface area contributed by atoms with E-state index in [4.69, 9.17) is 10.00 Å². The molecule has 0 bridgehead atoms. The first kappa shape index (κ1) is 13.9. The molecular formula is C14H7F4NO. The smallest absolute Gasteiger partial charge is 0.419 e. The van der Waals surface area contributed by atoms with E-state index in [1.807, 2.05) is 6.07 Å². The third kappa shape index (κ3) is 3.06. The summed E-state index contributed by atoms with van der Waals surface area (Å²) >= 11 is 0. The van der Waals surface area contributed by atoms with E-state index in [-0.39, 0.29) is 11.5 Å². The Morgan fingerprint density at radius 1 is 1.00 bits per heavy atom. The Balaban J connectivity index is 2.33. The zero-order valence-corrected chi connectivity index (χ0v) is 9.91. The summed E-state index contributed by atoms with van der Waals surface area (Å²) in [6.45, 7) is 0. The number of alkyl halides is 3. The highest BCUT2D eigenvalue weighted by molar-refractivity contribution is 5.40. The van der Waals surface area contributed by atoms with Crippen LogP contribution in [0.25, 0.3) is 0 Å². The minimum atomic E-state index is -4.79. The molecule has 102 valence electrons. The van der Waals surface area contributed by atoms with Crippen LogP contribution in [0.3, 0.4) is 0 Å². The lowest BCUT2D eigenvalue weighted by atomic mass is 10.2. The number of hydrogen-bond donors (Lipinski definition) is 0. The van der Waals surface area contributed by atoms with Crippen molar-refractivity contribution in [2.24, 2.45) is 0 Å². The zero-order valence-electron chi connectivity index (χ0n) is 9.91. The van der Waals surface area contributed by atoms with Crippen molar-refractivity contribution in [2.75, 3.05) is 0 Å². The van der Waals surface area contributed by atoms with Crippen molar-refractivity contribution in [3.63, 3.8) is 0 Å². The van der Waals surface area contributed by atoms with Gasteiger partial charge in [0.15, 0.2) is 0 Å². The van der Waals surface area contributed by atoms with E-state index in [1.54, 1.807) is 0 Å². The van der Waals surface area contributed by atoms with Crippen molar-refractivity contribution in [3.05, 3.63) is 59.4 Å². The lowest BCUT2D eigenvalue weighted by Gasteiger charge is -2.11. The summed E-state index contributed by atoms with van der Waals surface area (Å²) in [6.07, 6.45) is -4.79. The van der Waals surface area contributed by atoms with E-state index in [0.29, 0.717) is 17.7 Å². The van der Waals surface area contributed by atoms with Crippen LogP contribution in [-0.2, 0) is 6.18 Å². The first-order valence-corrected chi connectivity index (χ1v) is 5.45. The maximum atomic E-state index is 13.1. The van der Waals surface area contributed by atoms with Crippen molar-refractivity contribution in [1.29, 1.82) is 5.26 Å². The van der Waals surface area contributed by atoms with Crippen LogP contribution in [0.15, 0.2) is 42.5 Å². The van der Waals surface area contributed by atoms with Gasteiger partial charge in [0.2, 0.25) is 0 Å². The molecule has 0 heterocycles. The van der Waals surface area contributed by atoms with Crippen LogP contribution in [0.1, 0.15) is 11.1 Å². The fourth-order valence-electron chi connectivity index (χ4n) is 1.55. The first-order valence-electron chi connectivity index (χ1n) is 5.45. The SMILES string of the molecule is N#Cc1cccc(Oc2ccc(F)c(C(F)(F)F)c2)c1. The van der Waals surface area contributed by atoms with Crippen molar-refractivity contribution in [3.8, 4) is 17.6 Å². The molecule has 2 nitrogen and oxygen atoms in total. The second-order valence-electron chi connectivity index (χ2n) is 3.88. The van der Waals surface area contributed by atoms with Gasteiger partial charge in [-0.15, -0.1) is 0 Å². The normalized spacial score (nSPS) is 10.9. The topological polar surface area (TPSA) is 33.0 Å². The molecule has 0 aliphatic carbocycles. The molecule has 0 aromatic heterocycles. The second-order valence-corrected chi connectivity index (χ2v) is 3.88. The molecule has 0 saturated heterocycles. The summed E-state index contributed by atoms with van der Waals surface area (Å²) < 4.78 is 55.9. The van der Waals surface area contributed by atoms with E-state index in [1.165, 1.54) is 24.3 Å². The Hall–Kier alpha value is -2.55. The quantitative estimate of drug-likeness (QED) is 0.759. The number of ether oxygens (including phenoxy) is 1. The largest absolute Gasteiger partial charge is 0.457 e. The molecule has 2 aromatic rings. The molecular weight excluding hydrogens is 274 g/mol. The minimum absolute atomic E-state index is 0.159. The van der Waals surface area contributed by atoms with E-state index in [2.05, 4.69) is 0 Å².